The molecule has 2 aromatic heterocycles. The number of hydrogen-bond acceptors (Lipinski definition) is 7. The standard InChI is InChI=1S/C20H17N5O3/c1-26-12-5-6-15(27-2)13(8-12)18-17-16(11-4-3-7-23-10-11)14(9-21)19(22)28-20(17)25-24-18/h3-8,10,16H,22H2,1-2H3,(H,24,25)/t16-/m1/s1. The summed E-state index contributed by atoms with van der Waals surface area (Å²) in [6.07, 6.45) is 3.37. The number of nitrogens with zero attached hydrogens (tertiary/aromatic N) is 3. The summed E-state index contributed by atoms with van der Waals surface area (Å²) in [6, 6.07) is 11.3. The second-order valence-corrected chi connectivity index (χ2v) is 6.09. The van der Waals surface area contributed by atoms with E-state index >= 15 is 0 Å². The normalized spacial score (nSPS) is 15.4. The molecule has 140 valence electrons. The van der Waals surface area contributed by atoms with Gasteiger partial charge in [0.05, 0.1) is 31.4 Å². The van der Waals surface area contributed by atoms with Gasteiger partial charge in [-0.1, -0.05) is 6.07 Å². The number of benzene rings is 1. The predicted molar refractivity (Wildman–Crippen MR) is 101 cm³/mol. The van der Waals surface area contributed by atoms with Gasteiger partial charge in [-0.3, -0.25) is 10.1 Å². The molecule has 0 aliphatic carbocycles. The van der Waals surface area contributed by atoms with E-state index in [1.165, 1.54) is 0 Å². The maximum Gasteiger partial charge on any atom is 0.244 e. The van der Waals surface area contributed by atoms with Gasteiger partial charge in [0.2, 0.25) is 11.8 Å². The Hall–Kier alpha value is -3.99. The Bertz CT molecular complexity index is 1100. The van der Waals surface area contributed by atoms with Crippen molar-refractivity contribution in [2.75, 3.05) is 14.2 Å². The van der Waals surface area contributed by atoms with Gasteiger partial charge in [-0.25, -0.2) is 0 Å². The molecule has 8 heteroatoms. The number of aromatic amines is 1. The molecule has 1 atom stereocenters. The molecule has 1 aliphatic rings. The summed E-state index contributed by atoms with van der Waals surface area (Å²) < 4.78 is 16.5. The topological polar surface area (TPSA) is 119 Å². The van der Waals surface area contributed by atoms with Crippen LogP contribution < -0.4 is 19.9 Å². The molecule has 0 radical (unpaired) electrons. The van der Waals surface area contributed by atoms with Crippen LogP contribution >= 0.6 is 0 Å². The van der Waals surface area contributed by atoms with Gasteiger partial charge >= 0.3 is 0 Å². The van der Waals surface area contributed by atoms with Gasteiger partial charge in [0.25, 0.3) is 0 Å². The van der Waals surface area contributed by atoms with E-state index < -0.39 is 5.92 Å². The summed E-state index contributed by atoms with van der Waals surface area (Å²) in [7, 11) is 3.18. The first kappa shape index (κ1) is 17.4. The fraction of sp³-hybridized carbons (Fsp3) is 0.150. The van der Waals surface area contributed by atoms with E-state index in [-0.39, 0.29) is 5.88 Å². The van der Waals surface area contributed by atoms with Gasteiger partial charge in [-0.05, 0) is 29.8 Å². The van der Waals surface area contributed by atoms with Gasteiger partial charge in [0.15, 0.2) is 0 Å². The molecular weight excluding hydrogens is 358 g/mol. The van der Waals surface area contributed by atoms with Crippen LogP contribution in [0.15, 0.2) is 54.2 Å². The molecule has 8 nitrogen and oxygen atoms in total. The lowest BCUT2D eigenvalue weighted by Gasteiger charge is -2.24. The molecule has 1 aliphatic heterocycles. The Morgan fingerprint density at radius 1 is 1.25 bits per heavy atom. The third-order valence-corrected chi connectivity index (χ3v) is 4.63. The van der Waals surface area contributed by atoms with Crippen LogP contribution in [0.3, 0.4) is 0 Å². The van der Waals surface area contributed by atoms with E-state index in [1.54, 1.807) is 38.7 Å². The summed E-state index contributed by atoms with van der Waals surface area (Å²) >= 11 is 0. The molecule has 0 fully saturated rings. The number of rotatable bonds is 4. The molecule has 28 heavy (non-hydrogen) atoms. The SMILES string of the molecule is COc1ccc(OC)c(-c2[nH]nc3c2[C@H](c2cccnc2)C(C#N)=C(N)O3)c1. The number of ether oxygens (including phenoxy) is 3. The maximum atomic E-state index is 9.74. The van der Waals surface area contributed by atoms with E-state index in [0.717, 1.165) is 11.1 Å². The van der Waals surface area contributed by atoms with Crippen LogP contribution in [0.25, 0.3) is 11.3 Å². The van der Waals surface area contributed by atoms with Crippen molar-refractivity contribution in [3.05, 3.63) is 65.3 Å². The number of methoxy groups -OCH3 is 2. The molecule has 0 saturated carbocycles. The highest BCUT2D eigenvalue weighted by Gasteiger charge is 2.36. The second kappa shape index (κ2) is 6.96. The number of nitriles is 1. The maximum absolute atomic E-state index is 9.74. The largest absolute Gasteiger partial charge is 0.497 e. The molecule has 3 heterocycles. The molecule has 3 aromatic rings. The molecule has 1 aromatic carbocycles. The highest BCUT2D eigenvalue weighted by atomic mass is 16.5. The molecule has 0 amide bonds. The predicted octanol–water partition coefficient (Wildman–Crippen LogP) is 2.71. The van der Waals surface area contributed by atoms with Crippen LogP contribution in [-0.2, 0) is 0 Å². The molecular formula is C20H17N5O3. The van der Waals surface area contributed by atoms with Gasteiger partial charge in [0.1, 0.15) is 23.1 Å². The van der Waals surface area contributed by atoms with E-state index in [0.29, 0.717) is 34.2 Å². The number of nitrogens with two attached hydrogens (primary N) is 1. The van der Waals surface area contributed by atoms with Crippen LogP contribution in [-0.4, -0.2) is 29.4 Å². The lowest BCUT2D eigenvalue weighted by atomic mass is 9.83. The van der Waals surface area contributed by atoms with E-state index in [1.807, 2.05) is 18.2 Å². The van der Waals surface area contributed by atoms with Crippen molar-refractivity contribution in [2.24, 2.45) is 5.73 Å². The van der Waals surface area contributed by atoms with Crippen molar-refractivity contribution in [1.82, 2.24) is 15.2 Å². The van der Waals surface area contributed by atoms with E-state index in [2.05, 4.69) is 21.3 Å². The van der Waals surface area contributed by atoms with E-state index in [9.17, 15) is 5.26 Å². The highest BCUT2D eigenvalue weighted by Crippen LogP contribution is 2.47. The number of fused-ring (bicyclic) bond motifs is 1. The van der Waals surface area contributed by atoms with Crippen LogP contribution in [0.5, 0.6) is 17.4 Å². The average Bonchev–Trinajstić information content (AvgIpc) is 3.15. The zero-order chi connectivity index (χ0) is 19.7. The van der Waals surface area contributed by atoms with Gasteiger partial charge in [0, 0.05) is 18.0 Å². The summed E-state index contributed by atoms with van der Waals surface area (Å²) in [4.78, 5) is 4.19. The van der Waals surface area contributed by atoms with Crippen molar-refractivity contribution in [1.29, 1.82) is 5.26 Å². The number of aromatic nitrogens is 3. The van der Waals surface area contributed by atoms with Crippen molar-refractivity contribution in [2.45, 2.75) is 5.92 Å². The lowest BCUT2D eigenvalue weighted by Crippen LogP contribution is -2.21. The molecule has 0 bridgehead atoms. The number of pyridine rings is 1. The summed E-state index contributed by atoms with van der Waals surface area (Å²) in [5, 5.41) is 17.0. The van der Waals surface area contributed by atoms with Crippen molar-refractivity contribution >= 4 is 0 Å². The fourth-order valence-corrected chi connectivity index (χ4v) is 3.34. The highest BCUT2D eigenvalue weighted by molar-refractivity contribution is 5.76. The Balaban J connectivity index is 1.98. The number of H-pyrrole nitrogens is 1. The minimum atomic E-state index is -0.480. The van der Waals surface area contributed by atoms with Gasteiger partial charge in [-0.15, -0.1) is 5.10 Å². The monoisotopic (exact) mass is 375 g/mol. The Labute approximate surface area is 161 Å². The van der Waals surface area contributed by atoms with Crippen molar-refractivity contribution in [3.8, 4) is 34.7 Å². The minimum absolute atomic E-state index is 0.0273. The Morgan fingerprint density at radius 2 is 2.11 bits per heavy atom. The Kier molecular flexibility index (Phi) is 4.33. The molecule has 3 N–H and O–H groups in total. The lowest BCUT2D eigenvalue weighted by molar-refractivity contribution is 0.379. The second-order valence-electron chi connectivity index (χ2n) is 6.09. The molecule has 0 spiro atoms. The molecule has 4 rings (SSSR count). The number of hydrogen-bond donors (Lipinski definition) is 2. The zero-order valence-electron chi connectivity index (χ0n) is 15.3. The number of allylic oxidation sites excluding steroid dienone is 1. The summed E-state index contributed by atoms with van der Waals surface area (Å²) in [6.45, 7) is 0. The van der Waals surface area contributed by atoms with Crippen LogP contribution in [0.2, 0.25) is 0 Å². The first-order chi connectivity index (χ1) is 13.7. The van der Waals surface area contributed by atoms with Gasteiger partial charge < -0.3 is 19.9 Å². The van der Waals surface area contributed by atoms with Gasteiger partial charge in [-0.2, -0.15) is 5.26 Å². The van der Waals surface area contributed by atoms with Crippen LogP contribution in [0, 0.1) is 11.3 Å². The smallest absolute Gasteiger partial charge is 0.244 e. The van der Waals surface area contributed by atoms with Crippen LogP contribution in [0.1, 0.15) is 17.0 Å². The third-order valence-electron chi connectivity index (χ3n) is 4.63. The average molecular weight is 375 g/mol. The molecule has 0 unspecified atom stereocenters. The van der Waals surface area contributed by atoms with E-state index in [4.69, 9.17) is 19.9 Å². The third kappa shape index (κ3) is 2.70. The zero-order valence-corrected chi connectivity index (χ0v) is 15.3. The Morgan fingerprint density at radius 3 is 2.79 bits per heavy atom. The molecule has 0 saturated heterocycles. The summed E-state index contributed by atoms with van der Waals surface area (Å²) in [5.74, 6) is 1.14. The minimum Gasteiger partial charge on any atom is -0.497 e. The van der Waals surface area contributed by atoms with Crippen molar-refractivity contribution < 1.29 is 14.2 Å². The fourth-order valence-electron chi connectivity index (χ4n) is 3.34. The number of nitrogens with one attached hydrogen (secondary N) is 1. The van der Waals surface area contributed by atoms with Crippen molar-refractivity contribution in [3.63, 3.8) is 0 Å². The van der Waals surface area contributed by atoms with Crippen LogP contribution in [0.4, 0.5) is 0 Å². The first-order valence-corrected chi connectivity index (χ1v) is 8.46. The first-order valence-electron chi connectivity index (χ1n) is 8.46. The quantitative estimate of drug-likeness (QED) is 0.719. The summed E-state index contributed by atoms with van der Waals surface area (Å²) in [5.41, 5.74) is 9.16.